The number of nitrogens with two attached hydrogens (primary N) is 1. The van der Waals surface area contributed by atoms with E-state index < -0.39 is 21.9 Å². The molecule has 1 unspecified atom stereocenters. The Balaban J connectivity index is 1.81. The second kappa shape index (κ2) is 8.29. The summed E-state index contributed by atoms with van der Waals surface area (Å²) in [6.07, 6.45) is 3.79. The van der Waals surface area contributed by atoms with Crippen molar-refractivity contribution in [2.24, 2.45) is 0 Å². The monoisotopic (exact) mass is 446 g/mol. The van der Waals surface area contributed by atoms with Gasteiger partial charge in [0.2, 0.25) is 16.0 Å². The lowest BCUT2D eigenvalue weighted by atomic mass is 9.95. The summed E-state index contributed by atoms with van der Waals surface area (Å²) in [5.41, 5.74) is 7.94. The summed E-state index contributed by atoms with van der Waals surface area (Å²) in [6.45, 7) is 0.342. The van der Waals surface area contributed by atoms with E-state index in [0.717, 1.165) is 30.5 Å². The SMILES string of the molecule is Nc1ncc(-c2ccc(Cl)cc2)c(C2CCCCN2S(=O)(=O)c2ccc(F)cc2)n1. The van der Waals surface area contributed by atoms with Crippen LogP contribution in [0.2, 0.25) is 5.02 Å². The topological polar surface area (TPSA) is 89.2 Å². The Labute approximate surface area is 179 Å². The van der Waals surface area contributed by atoms with E-state index in [1.165, 1.54) is 16.4 Å². The molecule has 1 atom stereocenters. The summed E-state index contributed by atoms with van der Waals surface area (Å²) in [7, 11) is -3.85. The van der Waals surface area contributed by atoms with E-state index in [9.17, 15) is 12.8 Å². The van der Waals surface area contributed by atoms with Gasteiger partial charge in [-0.05, 0) is 54.8 Å². The van der Waals surface area contributed by atoms with Crippen LogP contribution >= 0.6 is 11.6 Å². The van der Waals surface area contributed by atoms with E-state index in [0.29, 0.717) is 29.2 Å². The minimum atomic E-state index is -3.85. The molecule has 1 aliphatic heterocycles. The number of sulfonamides is 1. The fourth-order valence-electron chi connectivity index (χ4n) is 3.72. The molecule has 1 fully saturated rings. The van der Waals surface area contributed by atoms with E-state index >= 15 is 0 Å². The molecule has 1 saturated heterocycles. The van der Waals surface area contributed by atoms with Gasteiger partial charge in [0.05, 0.1) is 16.6 Å². The number of hydrogen-bond donors (Lipinski definition) is 1. The third-order valence-electron chi connectivity index (χ3n) is 5.18. The first-order valence-electron chi connectivity index (χ1n) is 9.52. The molecule has 0 saturated carbocycles. The summed E-state index contributed by atoms with van der Waals surface area (Å²) in [5, 5.41) is 0.592. The predicted molar refractivity (Wildman–Crippen MR) is 114 cm³/mol. The highest BCUT2D eigenvalue weighted by molar-refractivity contribution is 7.89. The van der Waals surface area contributed by atoms with Crippen LogP contribution in [0.4, 0.5) is 10.3 Å². The van der Waals surface area contributed by atoms with Crippen molar-refractivity contribution in [3.63, 3.8) is 0 Å². The first-order valence-corrected chi connectivity index (χ1v) is 11.3. The van der Waals surface area contributed by atoms with E-state index in [1.54, 1.807) is 18.3 Å². The molecule has 2 heterocycles. The van der Waals surface area contributed by atoms with Crippen molar-refractivity contribution in [3.8, 4) is 11.1 Å². The molecule has 1 aromatic heterocycles. The van der Waals surface area contributed by atoms with Gasteiger partial charge < -0.3 is 5.73 Å². The molecule has 0 aliphatic carbocycles. The van der Waals surface area contributed by atoms with Crippen LogP contribution < -0.4 is 5.73 Å². The highest BCUT2D eigenvalue weighted by atomic mass is 35.5. The average Bonchev–Trinajstić information content (AvgIpc) is 2.75. The number of nitrogens with zero attached hydrogens (tertiary/aromatic N) is 3. The summed E-state index contributed by atoms with van der Waals surface area (Å²) in [5.74, 6) is -0.412. The van der Waals surface area contributed by atoms with Crippen molar-refractivity contribution < 1.29 is 12.8 Å². The van der Waals surface area contributed by atoms with Gasteiger partial charge in [-0.2, -0.15) is 4.31 Å². The smallest absolute Gasteiger partial charge is 0.243 e. The van der Waals surface area contributed by atoms with Crippen LogP contribution in [0, 0.1) is 5.82 Å². The lowest BCUT2D eigenvalue weighted by Crippen LogP contribution is -2.39. The van der Waals surface area contributed by atoms with Crippen molar-refractivity contribution in [1.29, 1.82) is 0 Å². The Morgan fingerprint density at radius 1 is 1.07 bits per heavy atom. The van der Waals surface area contributed by atoms with Gasteiger partial charge in [0.25, 0.3) is 0 Å². The Kier molecular flexibility index (Phi) is 5.73. The Hall–Kier alpha value is -2.55. The summed E-state index contributed by atoms with van der Waals surface area (Å²) in [4.78, 5) is 8.59. The maximum atomic E-state index is 13.4. The van der Waals surface area contributed by atoms with Crippen LogP contribution in [-0.4, -0.2) is 29.2 Å². The summed E-state index contributed by atoms with van der Waals surface area (Å²) in [6, 6.07) is 11.5. The molecule has 3 aromatic rings. The van der Waals surface area contributed by atoms with Crippen molar-refractivity contribution in [1.82, 2.24) is 14.3 Å². The molecule has 0 amide bonds. The van der Waals surface area contributed by atoms with Crippen LogP contribution in [0.25, 0.3) is 11.1 Å². The van der Waals surface area contributed by atoms with Gasteiger partial charge >= 0.3 is 0 Å². The second-order valence-corrected chi connectivity index (χ2v) is 9.44. The van der Waals surface area contributed by atoms with Crippen molar-refractivity contribution in [2.45, 2.75) is 30.2 Å². The molecule has 0 radical (unpaired) electrons. The van der Waals surface area contributed by atoms with Crippen LogP contribution in [0.1, 0.15) is 31.0 Å². The van der Waals surface area contributed by atoms with Crippen molar-refractivity contribution >= 4 is 27.6 Å². The molecule has 0 bridgehead atoms. The number of benzene rings is 2. The first kappa shape index (κ1) is 20.7. The molecule has 30 heavy (non-hydrogen) atoms. The van der Waals surface area contributed by atoms with Gasteiger partial charge in [0, 0.05) is 23.3 Å². The Bertz CT molecular complexity index is 1150. The van der Waals surface area contributed by atoms with Gasteiger partial charge in [0.1, 0.15) is 5.82 Å². The molecular weight excluding hydrogens is 427 g/mol. The van der Waals surface area contributed by atoms with Gasteiger partial charge in [-0.3, -0.25) is 0 Å². The standard InChI is InChI=1S/C21H20ClFN4O2S/c22-15-6-4-14(5-7-15)18-13-25-21(24)26-20(18)19-3-1-2-12-27(19)30(28,29)17-10-8-16(23)9-11-17/h4-11,13,19H,1-3,12H2,(H2,24,25,26). The number of piperidine rings is 1. The summed E-state index contributed by atoms with van der Waals surface area (Å²) >= 11 is 6.01. The Morgan fingerprint density at radius 3 is 2.47 bits per heavy atom. The van der Waals surface area contributed by atoms with E-state index in [4.69, 9.17) is 17.3 Å². The third kappa shape index (κ3) is 4.03. The van der Waals surface area contributed by atoms with E-state index in [1.807, 2.05) is 12.1 Å². The van der Waals surface area contributed by atoms with E-state index in [-0.39, 0.29) is 10.8 Å². The van der Waals surface area contributed by atoms with Crippen LogP contribution in [0.5, 0.6) is 0 Å². The largest absolute Gasteiger partial charge is 0.368 e. The summed E-state index contributed by atoms with van der Waals surface area (Å²) < 4.78 is 41.5. The van der Waals surface area contributed by atoms with Crippen molar-refractivity contribution in [2.75, 3.05) is 12.3 Å². The predicted octanol–water partition coefficient (Wildman–Crippen LogP) is 4.43. The number of anilines is 1. The van der Waals surface area contributed by atoms with Crippen LogP contribution in [0.15, 0.2) is 59.6 Å². The minimum absolute atomic E-state index is 0.0471. The normalized spacial score (nSPS) is 17.7. The quantitative estimate of drug-likeness (QED) is 0.640. The highest BCUT2D eigenvalue weighted by Gasteiger charge is 2.36. The van der Waals surface area contributed by atoms with E-state index in [2.05, 4.69) is 9.97 Å². The minimum Gasteiger partial charge on any atom is -0.368 e. The highest BCUT2D eigenvalue weighted by Crippen LogP contribution is 2.39. The molecule has 4 rings (SSSR count). The molecule has 2 aromatic carbocycles. The lowest BCUT2D eigenvalue weighted by Gasteiger charge is -2.35. The zero-order valence-corrected chi connectivity index (χ0v) is 17.6. The van der Waals surface area contributed by atoms with Crippen LogP contribution in [-0.2, 0) is 10.0 Å². The maximum Gasteiger partial charge on any atom is 0.243 e. The molecule has 156 valence electrons. The Morgan fingerprint density at radius 2 is 1.77 bits per heavy atom. The number of nitrogen functional groups attached to an aromatic ring is 1. The molecule has 2 N–H and O–H groups in total. The van der Waals surface area contributed by atoms with Gasteiger partial charge in [-0.15, -0.1) is 0 Å². The number of halogens is 2. The fraction of sp³-hybridized carbons (Fsp3) is 0.238. The van der Waals surface area contributed by atoms with Gasteiger partial charge in [-0.1, -0.05) is 30.2 Å². The number of hydrogen-bond acceptors (Lipinski definition) is 5. The van der Waals surface area contributed by atoms with Crippen LogP contribution in [0.3, 0.4) is 0 Å². The third-order valence-corrected chi connectivity index (χ3v) is 7.36. The fourth-order valence-corrected chi connectivity index (χ4v) is 5.51. The van der Waals surface area contributed by atoms with Gasteiger partial charge in [-0.25, -0.2) is 22.8 Å². The molecule has 0 spiro atoms. The van der Waals surface area contributed by atoms with Gasteiger partial charge in [0.15, 0.2) is 0 Å². The van der Waals surface area contributed by atoms with Crippen molar-refractivity contribution in [3.05, 3.63) is 71.3 Å². The second-order valence-electron chi connectivity index (χ2n) is 7.12. The molecule has 6 nitrogen and oxygen atoms in total. The first-order chi connectivity index (χ1) is 14.4. The maximum absolute atomic E-state index is 13.4. The zero-order chi connectivity index (χ0) is 21.3. The number of aromatic nitrogens is 2. The number of rotatable bonds is 4. The lowest BCUT2D eigenvalue weighted by molar-refractivity contribution is 0.252. The molecular formula is C21H20ClFN4O2S. The zero-order valence-electron chi connectivity index (χ0n) is 16.0. The molecule has 1 aliphatic rings. The molecule has 9 heteroatoms. The average molecular weight is 447 g/mol.